The molecule has 0 saturated heterocycles. The largest absolute Gasteiger partial charge is 0.327 e. The number of hydrogen-bond acceptors (Lipinski definition) is 2. The van der Waals surface area contributed by atoms with Crippen molar-refractivity contribution in [3.63, 3.8) is 0 Å². The summed E-state index contributed by atoms with van der Waals surface area (Å²) in [6.07, 6.45) is 1.25. The van der Waals surface area contributed by atoms with Crippen LogP contribution in [-0.2, 0) is 0 Å². The lowest BCUT2D eigenvalue weighted by molar-refractivity contribution is 0.614. The van der Waals surface area contributed by atoms with E-state index in [0.29, 0.717) is 0 Å². The zero-order chi connectivity index (χ0) is 5.70. The minimum Gasteiger partial charge on any atom is -0.327 e. The van der Waals surface area contributed by atoms with E-state index in [2.05, 4.69) is 0 Å². The molecule has 0 fully saturated rings. The van der Waals surface area contributed by atoms with Crippen molar-refractivity contribution in [2.45, 2.75) is 0 Å². The summed E-state index contributed by atoms with van der Waals surface area (Å²) < 4.78 is 11.8. The Kier molecular flexibility index (Phi) is 3.55. The third-order valence-electron chi connectivity index (χ3n) is 0.534. The fraction of sp³-hybridized carbons (Fsp3) is 0.500. The third kappa shape index (κ3) is 3.42. The molecule has 0 aliphatic heterocycles. The topological polar surface area (TPSA) is 52.0 Å². The fourth-order valence-electron chi connectivity index (χ4n) is 0.211. The van der Waals surface area contributed by atoms with Gasteiger partial charge < -0.3 is 11.5 Å². The van der Waals surface area contributed by atoms with Gasteiger partial charge in [0.15, 0.2) is 0 Å². The lowest BCUT2D eigenvalue weighted by Crippen LogP contribution is -2.02. The highest BCUT2D eigenvalue weighted by molar-refractivity contribution is 4.92. The van der Waals surface area contributed by atoms with Crippen LogP contribution >= 0.6 is 0 Å². The standard InChI is InChI=1S/C4H9FN2/c5-4(3-7)1-2-6/h1H,2-3,6-7H2/b4-1+. The third-order valence-corrected chi connectivity index (χ3v) is 0.534. The zero-order valence-electron chi connectivity index (χ0n) is 4.02. The maximum atomic E-state index is 11.8. The second-order valence-corrected chi connectivity index (χ2v) is 1.09. The van der Waals surface area contributed by atoms with Gasteiger partial charge >= 0.3 is 0 Å². The summed E-state index contributed by atoms with van der Waals surface area (Å²) >= 11 is 0. The molecule has 42 valence electrons. The summed E-state index contributed by atoms with van der Waals surface area (Å²) in [5.74, 6) is -0.345. The van der Waals surface area contributed by atoms with E-state index in [1.807, 2.05) is 0 Å². The summed E-state index contributed by atoms with van der Waals surface area (Å²) in [5, 5.41) is 0. The number of rotatable bonds is 2. The molecule has 4 N–H and O–H groups in total. The van der Waals surface area contributed by atoms with Crippen LogP contribution in [0.2, 0.25) is 0 Å². The first-order chi connectivity index (χ1) is 3.31. The van der Waals surface area contributed by atoms with Crippen LogP contribution < -0.4 is 11.5 Å². The second-order valence-electron chi connectivity index (χ2n) is 1.09. The monoisotopic (exact) mass is 104 g/mol. The molecule has 7 heavy (non-hydrogen) atoms. The molecule has 0 radical (unpaired) electrons. The average molecular weight is 104 g/mol. The first-order valence-corrected chi connectivity index (χ1v) is 2.06. The van der Waals surface area contributed by atoms with Gasteiger partial charge in [-0.1, -0.05) is 0 Å². The Balaban J connectivity index is 3.29. The van der Waals surface area contributed by atoms with Crippen molar-refractivity contribution in [3.8, 4) is 0 Å². The van der Waals surface area contributed by atoms with E-state index in [1.165, 1.54) is 6.08 Å². The summed E-state index contributed by atoms with van der Waals surface area (Å²) in [6, 6.07) is 0. The Morgan fingerprint density at radius 2 is 2.14 bits per heavy atom. The molecule has 0 saturated carbocycles. The van der Waals surface area contributed by atoms with Crippen molar-refractivity contribution in [1.82, 2.24) is 0 Å². The molecular formula is C4H9FN2. The molecule has 2 nitrogen and oxygen atoms in total. The molecule has 0 bridgehead atoms. The van der Waals surface area contributed by atoms with Crippen LogP contribution in [0, 0.1) is 0 Å². The predicted molar refractivity (Wildman–Crippen MR) is 27.3 cm³/mol. The molecule has 0 amide bonds. The van der Waals surface area contributed by atoms with E-state index in [-0.39, 0.29) is 18.9 Å². The highest BCUT2D eigenvalue weighted by atomic mass is 19.1. The Morgan fingerprint density at radius 1 is 1.57 bits per heavy atom. The van der Waals surface area contributed by atoms with Gasteiger partial charge in [0.2, 0.25) is 0 Å². The predicted octanol–water partition coefficient (Wildman–Crippen LogP) is -0.243. The highest BCUT2D eigenvalue weighted by Gasteiger charge is 1.82. The van der Waals surface area contributed by atoms with Crippen LogP contribution in [0.3, 0.4) is 0 Å². The van der Waals surface area contributed by atoms with Gasteiger partial charge in [-0.2, -0.15) is 0 Å². The van der Waals surface area contributed by atoms with E-state index in [4.69, 9.17) is 11.5 Å². The minimum absolute atomic E-state index is 0.0444. The maximum absolute atomic E-state index is 11.8. The number of halogens is 1. The number of hydrogen-bond donors (Lipinski definition) is 2. The Morgan fingerprint density at radius 3 is 2.29 bits per heavy atom. The van der Waals surface area contributed by atoms with Crippen LogP contribution in [0.1, 0.15) is 0 Å². The zero-order valence-corrected chi connectivity index (χ0v) is 4.02. The van der Waals surface area contributed by atoms with E-state index in [0.717, 1.165) is 0 Å². The summed E-state index contributed by atoms with van der Waals surface area (Å²) in [5.41, 5.74) is 9.79. The van der Waals surface area contributed by atoms with Crippen molar-refractivity contribution in [2.75, 3.05) is 13.1 Å². The van der Waals surface area contributed by atoms with E-state index < -0.39 is 0 Å². The van der Waals surface area contributed by atoms with Crippen molar-refractivity contribution in [3.05, 3.63) is 11.9 Å². The molecule has 3 heteroatoms. The van der Waals surface area contributed by atoms with Gasteiger partial charge in [0.05, 0.1) is 0 Å². The Bertz CT molecular complexity index is 70.1. The lowest BCUT2D eigenvalue weighted by atomic mass is 10.5. The molecular weight excluding hydrogens is 95.1 g/mol. The Hall–Kier alpha value is -0.410. The minimum atomic E-state index is -0.345. The van der Waals surface area contributed by atoms with Crippen molar-refractivity contribution in [2.24, 2.45) is 11.5 Å². The molecule has 0 spiro atoms. The fourth-order valence-corrected chi connectivity index (χ4v) is 0.211. The molecule has 0 heterocycles. The molecule has 0 atom stereocenters. The lowest BCUT2D eigenvalue weighted by Gasteiger charge is -1.84. The van der Waals surface area contributed by atoms with Crippen LogP contribution in [-0.4, -0.2) is 13.1 Å². The SMILES string of the molecule is NC/C=C(/F)CN. The van der Waals surface area contributed by atoms with Crippen LogP contribution in [0.15, 0.2) is 11.9 Å². The van der Waals surface area contributed by atoms with Crippen molar-refractivity contribution >= 4 is 0 Å². The van der Waals surface area contributed by atoms with Gasteiger partial charge in [0.25, 0.3) is 0 Å². The van der Waals surface area contributed by atoms with E-state index >= 15 is 0 Å². The van der Waals surface area contributed by atoms with Crippen molar-refractivity contribution < 1.29 is 4.39 Å². The van der Waals surface area contributed by atoms with Gasteiger partial charge in [-0.05, 0) is 6.08 Å². The molecule has 0 aliphatic rings. The van der Waals surface area contributed by atoms with Crippen LogP contribution in [0.5, 0.6) is 0 Å². The number of nitrogens with two attached hydrogens (primary N) is 2. The summed E-state index contributed by atoms with van der Waals surface area (Å²) in [6.45, 7) is 0.181. The highest BCUT2D eigenvalue weighted by Crippen LogP contribution is 1.87. The van der Waals surface area contributed by atoms with Crippen LogP contribution in [0.4, 0.5) is 4.39 Å². The van der Waals surface area contributed by atoms with Gasteiger partial charge in [-0.15, -0.1) is 0 Å². The summed E-state index contributed by atoms with van der Waals surface area (Å²) in [4.78, 5) is 0. The quantitative estimate of drug-likeness (QED) is 0.508. The normalized spacial score (nSPS) is 12.1. The van der Waals surface area contributed by atoms with Gasteiger partial charge in [0, 0.05) is 13.1 Å². The molecule has 0 unspecified atom stereocenters. The summed E-state index contributed by atoms with van der Waals surface area (Å²) in [7, 11) is 0. The van der Waals surface area contributed by atoms with Gasteiger partial charge in [0.1, 0.15) is 5.83 Å². The van der Waals surface area contributed by atoms with Crippen molar-refractivity contribution in [1.29, 1.82) is 0 Å². The second kappa shape index (κ2) is 3.77. The first kappa shape index (κ1) is 6.59. The van der Waals surface area contributed by atoms with E-state index in [9.17, 15) is 4.39 Å². The van der Waals surface area contributed by atoms with Gasteiger partial charge in [-0.25, -0.2) is 4.39 Å². The molecule has 0 aromatic rings. The average Bonchev–Trinajstić information content (AvgIpc) is 1.68. The molecule has 0 rings (SSSR count). The Labute approximate surface area is 42.0 Å². The van der Waals surface area contributed by atoms with E-state index in [1.54, 1.807) is 0 Å². The van der Waals surface area contributed by atoms with Crippen LogP contribution in [0.25, 0.3) is 0 Å². The smallest absolute Gasteiger partial charge is 0.111 e. The first-order valence-electron chi connectivity index (χ1n) is 2.06. The van der Waals surface area contributed by atoms with Gasteiger partial charge in [-0.3, -0.25) is 0 Å². The maximum Gasteiger partial charge on any atom is 0.111 e. The molecule has 0 aromatic heterocycles. The molecule has 0 aliphatic carbocycles. The molecule has 0 aromatic carbocycles.